The van der Waals surface area contributed by atoms with Gasteiger partial charge in [-0.05, 0) is 12.8 Å². The molecule has 2 unspecified atom stereocenters. The number of carbonyl (C=O) groups is 1. The first-order chi connectivity index (χ1) is 6.68. The highest BCUT2D eigenvalue weighted by Crippen LogP contribution is 2.30. The molecule has 0 aromatic carbocycles. The third-order valence-corrected chi connectivity index (χ3v) is 3.40. The Kier molecular flexibility index (Phi) is 2.74. The van der Waals surface area contributed by atoms with E-state index in [0.717, 1.165) is 12.8 Å². The molecule has 1 saturated carbocycles. The fourth-order valence-electron chi connectivity index (χ4n) is 2.72. The number of nitrogens with zero attached hydrogens (tertiary/aromatic N) is 1. The zero-order valence-electron chi connectivity index (χ0n) is 8.22. The molecule has 0 aromatic rings. The van der Waals surface area contributed by atoms with Crippen LogP contribution in [0.2, 0.25) is 0 Å². The van der Waals surface area contributed by atoms with Crippen LogP contribution in [-0.4, -0.2) is 45.8 Å². The van der Waals surface area contributed by atoms with Crippen molar-refractivity contribution in [3.63, 3.8) is 0 Å². The normalized spacial score (nSPS) is 35.2. The minimum Gasteiger partial charge on any atom is -0.480 e. The van der Waals surface area contributed by atoms with E-state index < -0.39 is 18.1 Å². The summed E-state index contributed by atoms with van der Waals surface area (Å²) in [5.74, 6) is -0.784. The summed E-state index contributed by atoms with van der Waals surface area (Å²) in [7, 11) is 0. The van der Waals surface area contributed by atoms with Gasteiger partial charge in [0.05, 0.1) is 6.10 Å². The Hall–Kier alpha value is -0.610. The average Bonchev–Trinajstić information content (AvgIpc) is 2.70. The quantitative estimate of drug-likeness (QED) is 0.678. The van der Waals surface area contributed by atoms with Gasteiger partial charge in [0, 0.05) is 19.0 Å². The predicted molar refractivity (Wildman–Crippen MR) is 51.0 cm³/mol. The van der Waals surface area contributed by atoms with E-state index in [4.69, 9.17) is 5.11 Å². The second kappa shape index (κ2) is 3.87. The van der Waals surface area contributed by atoms with E-state index in [1.54, 1.807) is 0 Å². The van der Waals surface area contributed by atoms with Gasteiger partial charge in [-0.2, -0.15) is 0 Å². The second-order valence-corrected chi connectivity index (χ2v) is 4.38. The van der Waals surface area contributed by atoms with E-state index in [9.17, 15) is 9.90 Å². The van der Waals surface area contributed by atoms with Crippen LogP contribution in [0.5, 0.6) is 0 Å². The molecule has 2 aliphatic rings. The van der Waals surface area contributed by atoms with E-state index in [2.05, 4.69) is 0 Å². The molecule has 0 radical (unpaired) electrons. The van der Waals surface area contributed by atoms with Crippen LogP contribution < -0.4 is 0 Å². The Bertz CT molecular complexity index is 225. The SMILES string of the molecule is O=C(O)C1CC(O)CN1C1CCCC1. The number of β-amino-alcohol motifs (C(OH)–C–C–N with tert-alkyl or cyclic N) is 1. The molecular formula is C10H17NO3. The third-order valence-electron chi connectivity index (χ3n) is 3.40. The molecule has 0 aromatic heterocycles. The molecule has 14 heavy (non-hydrogen) atoms. The van der Waals surface area contributed by atoms with Crippen LogP contribution in [0, 0.1) is 0 Å². The fourth-order valence-corrected chi connectivity index (χ4v) is 2.72. The maximum absolute atomic E-state index is 11.0. The van der Waals surface area contributed by atoms with Crippen LogP contribution in [0.25, 0.3) is 0 Å². The molecule has 4 heteroatoms. The highest BCUT2D eigenvalue weighted by Gasteiger charge is 2.40. The Balaban J connectivity index is 2.04. The first kappa shape index (κ1) is 9.93. The van der Waals surface area contributed by atoms with Crippen LogP contribution in [0.15, 0.2) is 0 Å². The summed E-state index contributed by atoms with van der Waals surface area (Å²) < 4.78 is 0. The number of aliphatic hydroxyl groups excluding tert-OH is 1. The molecule has 2 N–H and O–H groups in total. The van der Waals surface area contributed by atoms with Crippen molar-refractivity contribution in [3.05, 3.63) is 0 Å². The van der Waals surface area contributed by atoms with Gasteiger partial charge in [0.25, 0.3) is 0 Å². The minimum absolute atomic E-state index is 0.395. The number of rotatable bonds is 2. The Morgan fingerprint density at radius 3 is 2.50 bits per heavy atom. The van der Waals surface area contributed by atoms with Gasteiger partial charge in [0.15, 0.2) is 0 Å². The lowest BCUT2D eigenvalue weighted by Gasteiger charge is -2.27. The lowest BCUT2D eigenvalue weighted by molar-refractivity contribution is -0.143. The van der Waals surface area contributed by atoms with E-state index in [-0.39, 0.29) is 0 Å². The molecular weight excluding hydrogens is 182 g/mol. The molecule has 4 nitrogen and oxygen atoms in total. The molecule has 80 valence electrons. The highest BCUT2D eigenvalue weighted by atomic mass is 16.4. The summed E-state index contributed by atoms with van der Waals surface area (Å²) in [6, 6.07) is -0.0543. The number of aliphatic carboxylic acids is 1. The van der Waals surface area contributed by atoms with Gasteiger partial charge in [0.1, 0.15) is 6.04 Å². The van der Waals surface area contributed by atoms with E-state index in [1.807, 2.05) is 4.90 Å². The summed E-state index contributed by atoms with van der Waals surface area (Å²) in [5, 5.41) is 18.5. The smallest absolute Gasteiger partial charge is 0.321 e. The molecule has 2 fully saturated rings. The first-order valence-electron chi connectivity index (χ1n) is 5.35. The summed E-state index contributed by atoms with van der Waals surface area (Å²) >= 11 is 0. The predicted octanol–water partition coefficient (Wildman–Crippen LogP) is 0.449. The summed E-state index contributed by atoms with van der Waals surface area (Å²) in [6.45, 7) is 0.543. The standard InChI is InChI=1S/C10H17NO3/c12-8-5-9(10(13)14)11(6-8)7-3-1-2-4-7/h7-9,12H,1-6H2,(H,13,14). The average molecular weight is 199 g/mol. The highest BCUT2D eigenvalue weighted by molar-refractivity contribution is 5.74. The lowest BCUT2D eigenvalue weighted by atomic mass is 10.1. The van der Waals surface area contributed by atoms with Crippen LogP contribution in [-0.2, 0) is 4.79 Å². The second-order valence-electron chi connectivity index (χ2n) is 4.38. The topological polar surface area (TPSA) is 60.8 Å². The van der Waals surface area contributed by atoms with Crippen molar-refractivity contribution in [3.8, 4) is 0 Å². The number of aliphatic hydroxyl groups is 1. The van der Waals surface area contributed by atoms with Crippen LogP contribution in [0.4, 0.5) is 0 Å². The molecule has 1 aliphatic heterocycles. The van der Waals surface area contributed by atoms with Crippen molar-refractivity contribution >= 4 is 5.97 Å². The molecule has 2 atom stereocenters. The van der Waals surface area contributed by atoms with Crippen LogP contribution >= 0.6 is 0 Å². The summed E-state index contributed by atoms with van der Waals surface area (Å²) in [5.41, 5.74) is 0. The van der Waals surface area contributed by atoms with Crippen molar-refractivity contribution in [1.82, 2.24) is 4.90 Å². The van der Waals surface area contributed by atoms with Gasteiger partial charge in [-0.3, -0.25) is 9.69 Å². The zero-order chi connectivity index (χ0) is 10.1. The van der Waals surface area contributed by atoms with Gasteiger partial charge in [-0.1, -0.05) is 12.8 Å². The van der Waals surface area contributed by atoms with Crippen LogP contribution in [0.1, 0.15) is 32.1 Å². The lowest BCUT2D eigenvalue weighted by Crippen LogP contribution is -2.42. The monoisotopic (exact) mass is 199 g/mol. The molecule has 0 spiro atoms. The number of hydrogen-bond acceptors (Lipinski definition) is 3. The van der Waals surface area contributed by atoms with Crippen molar-refractivity contribution in [2.75, 3.05) is 6.54 Å². The van der Waals surface area contributed by atoms with Gasteiger partial charge in [0.2, 0.25) is 0 Å². The molecule has 1 aliphatic carbocycles. The number of carboxylic acid groups (broad SMARTS) is 1. The number of hydrogen-bond donors (Lipinski definition) is 2. The molecule has 1 saturated heterocycles. The van der Waals surface area contributed by atoms with E-state index in [1.165, 1.54) is 12.8 Å². The summed E-state index contributed by atoms with van der Waals surface area (Å²) in [4.78, 5) is 12.9. The maximum atomic E-state index is 11.0. The minimum atomic E-state index is -0.784. The van der Waals surface area contributed by atoms with Gasteiger partial charge < -0.3 is 10.2 Å². The largest absolute Gasteiger partial charge is 0.480 e. The van der Waals surface area contributed by atoms with Gasteiger partial charge >= 0.3 is 5.97 Å². The Labute approximate surface area is 83.5 Å². The van der Waals surface area contributed by atoms with Gasteiger partial charge in [-0.15, -0.1) is 0 Å². The third kappa shape index (κ3) is 1.77. The number of likely N-dealkylation sites (tertiary alicyclic amines) is 1. The first-order valence-corrected chi connectivity index (χ1v) is 5.35. The van der Waals surface area contributed by atoms with E-state index >= 15 is 0 Å². The van der Waals surface area contributed by atoms with Crippen molar-refractivity contribution in [2.45, 2.75) is 50.3 Å². The van der Waals surface area contributed by atoms with Gasteiger partial charge in [-0.25, -0.2) is 0 Å². The Morgan fingerprint density at radius 1 is 1.29 bits per heavy atom. The maximum Gasteiger partial charge on any atom is 0.321 e. The molecule has 0 amide bonds. The molecule has 0 bridgehead atoms. The zero-order valence-corrected chi connectivity index (χ0v) is 8.22. The van der Waals surface area contributed by atoms with Crippen LogP contribution in [0.3, 0.4) is 0 Å². The van der Waals surface area contributed by atoms with Crippen molar-refractivity contribution < 1.29 is 15.0 Å². The van der Waals surface area contributed by atoms with Crippen molar-refractivity contribution in [1.29, 1.82) is 0 Å². The number of carboxylic acids is 1. The fraction of sp³-hybridized carbons (Fsp3) is 0.900. The molecule has 2 rings (SSSR count). The van der Waals surface area contributed by atoms with Crippen molar-refractivity contribution in [2.24, 2.45) is 0 Å². The molecule has 1 heterocycles. The summed E-state index contributed by atoms with van der Waals surface area (Å²) in [6.07, 6.45) is 4.53. The Morgan fingerprint density at radius 2 is 1.93 bits per heavy atom. The van der Waals surface area contributed by atoms with E-state index in [0.29, 0.717) is 19.0 Å².